The summed E-state index contributed by atoms with van der Waals surface area (Å²) in [5, 5.41) is 11.1. The van der Waals surface area contributed by atoms with Crippen LogP contribution < -0.4 is 5.32 Å². The molecule has 0 atom stereocenters. The molecule has 1 rings (SSSR count). The van der Waals surface area contributed by atoms with Gasteiger partial charge in [-0.05, 0) is 37.5 Å². The van der Waals surface area contributed by atoms with Gasteiger partial charge in [-0.15, -0.1) is 0 Å². The van der Waals surface area contributed by atoms with Crippen molar-refractivity contribution in [3.05, 3.63) is 34.4 Å². The molecule has 1 N–H and O–H groups in total. The molecule has 0 aliphatic carbocycles. The Bertz CT molecular complexity index is 421. The Hall–Kier alpha value is -1.82. The first-order valence-electron chi connectivity index (χ1n) is 5.25. The Morgan fingerprint density at radius 2 is 1.88 bits per heavy atom. The SMILES string of the molecule is Cc1cc(C)c(CNC(=O)CC#N)c(C)c1. The van der Waals surface area contributed by atoms with Gasteiger partial charge in [-0.1, -0.05) is 17.7 Å². The maximum atomic E-state index is 11.2. The van der Waals surface area contributed by atoms with Crippen molar-refractivity contribution in [3.8, 4) is 6.07 Å². The van der Waals surface area contributed by atoms with Crippen LogP contribution in [0.4, 0.5) is 0 Å². The van der Waals surface area contributed by atoms with Crippen LogP contribution in [0, 0.1) is 32.1 Å². The zero-order valence-electron chi connectivity index (χ0n) is 9.92. The van der Waals surface area contributed by atoms with Crippen LogP contribution in [0.1, 0.15) is 28.7 Å². The van der Waals surface area contributed by atoms with Gasteiger partial charge in [0.1, 0.15) is 6.42 Å². The van der Waals surface area contributed by atoms with E-state index in [0.717, 1.165) is 5.56 Å². The molecule has 1 aromatic rings. The number of hydrogen-bond acceptors (Lipinski definition) is 2. The number of hydrogen-bond donors (Lipinski definition) is 1. The van der Waals surface area contributed by atoms with Crippen LogP contribution in [0.25, 0.3) is 0 Å². The highest BCUT2D eigenvalue weighted by Gasteiger charge is 2.05. The molecule has 0 spiro atoms. The van der Waals surface area contributed by atoms with E-state index in [1.807, 2.05) is 19.9 Å². The summed E-state index contributed by atoms with van der Waals surface area (Å²) in [6, 6.07) is 6.02. The summed E-state index contributed by atoms with van der Waals surface area (Å²) >= 11 is 0. The molecule has 3 nitrogen and oxygen atoms in total. The third-order valence-corrected chi connectivity index (χ3v) is 2.54. The quantitative estimate of drug-likeness (QED) is 0.841. The van der Waals surface area contributed by atoms with E-state index in [-0.39, 0.29) is 12.3 Å². The monoisotopic (exact) mass is 216 g/mol. The maximum absolute atomic E-state index is 11.2. The maximum Gasteiger partial charge on any atom is 0.234 e. The van der Waals surface area contributed by atoms with Gasteiger partial charge in [-0.25, -0.2) is 0 Å². The molecule has 0 radical (unpaired) electrons. The third-order valence-electron chi connectivity index (χ3n) is 2.54. The highest BCUT2D eigenvalue weighted by atomic mass is 16.1. The van der Waals surface area contributed by atoms with Crippen LogP contribution in [0.2, 0.25) is 0 Å². The fourth-order valence-electron chi connectivity index (χ4n) is 1.81. The largest absolute Gasteiger partial charge is 0.351 e. The van der Waals surface area contributed by atoms with Gasteiger partial charge in [-0.2, -0.15) is 5.26 Å². The lowest BCUT2D eigenvalue weighted by Gasteiger charge is -2.11. The first-order chi connectivity index (χ1) is 7.54. The molecule has 0 saturated carbocycles. The van der Waals surface area contributed by atoms with Crippen molar-refractivity contribution in [1.82, 2.24) is 5.32 Å². The Morgan fingerprint density at radius 3 is 2.38 bits per heavy atom. The average Bonchev–Trinajstić information content (AvgIpc) is 2.16. The van der Waals surface area contributed by atoms with Gasteiger partial charge in [-0.3, -0.25) is 4.79 Å². The second kappa shape index (κ2) is 5.32. The first-order valence-corrected chi connectivity index (χ1v) is 5.25. The van der Waals surface area contributed by atoms with Crippen LogP contribution in [0.5, 0.6) is 0 Å². The van der Waals surface area contributed by atoms with E-state index in [4.69, 9.17) is 5.26 Å². The summed E-state index contributed by atoms with van der Waals surface area (Å²) in [7, 11) is 0. The van der Waals surface area contributed by atoms with Crippen LogP contribution in [-0.2, 0) is 11.3 Å². The molecular weight excluding hydrogens is 200 g/mol. The summed E-state index contributed by atoms with van der Waals surface area (Å²) in [4.78, 5) is 11.2. The second-order valence-corrected chi connectivity index (χ2v) is 3.99. The molecule has 84 valence electrons. The highest BCUT2D eigenvalue weighted by Crippen LogP contribution is 2.15. The number of nitrogens with zero attached hydrogens (tertiary/aromatic N) is 1. The number of benzene rings is 1. The predicted molar refractivity (Wildman–Crippen MR) is 62.7 cm³/mol. The van der Waals surface area contributed by atoms with E-state index in [0.29, 0.717) is 6.54 Å². The van der Waals surface area contributed by atoms with E-state index in [2.05, 4.69) is 24.4 Å². The van der Waals surface area contributed by atoms with Gasteiger partial charge in [0.2, 0.25) is 5.91 Å². The molecule has 0 fully saturated rings. The highest BCUT2D eigenvalue weighted by molar-refractivity contribution is 5.78. The van der Waals surface area contributed by atoms with Crippen molar-refractivity contribution in [2.45, 2.75) is 33.7 Å². The van der Waals surface area contributed by atoms with E-state index < -0.39 is 0 Å². The number of nitrogens with one attached hydrogen (secondary N) is 1. The van der Waals surface area contributed by atoms with Gasteiger partial charge in [0.25, 0.3) is 0 Å². The summed E-state index contributed by atoms with van der Waals surface area (Å²) in [6.07, 6.45) is -0.0794. The Labute approximate surface area is 96.1 Å². The second-order valence-electron chi connectivity index (χ2n) is 3.99. The van der Waals surface area contributed by atoms with Crippen LogP contribution >= 0.6 is 0 Å². The standard InChI is InChI=1S/C13H16N2O/c1-9-6-10(2)12(11(3)7-9)8-15-13(16)4-5-14/h6-7H,4,8H2,1-3H3,(H,15,16). The van der Waals surface area contributed by atoms with E-state index in [1.54, 1.807) is 0 Å². The summed E-state index contributed by atoms with van der Waals surface area (Å²) < 4.78 is 0. The van der Waals surface area contributed by atoms with Crippen molar-refractivity contribution in [2.75, 3.05) is 0 Å². The molecule has 0 aliphatic heterocycles. The zero-order chi connectivity index (χ0) is 12.1. The average molecular weight is 216 g/mol. The summed E-state index contributed by atoms with van der Waals surface area (Å²) in [6.45, 7) is 6.62. The van der Waals surface area contributed by atoms with E-state index >= 15 is 0 Å². The van der Waals surface area contributed by atoms with Crippen LogP contribution in [0.3, 0.4) is 0 Å². The lowest BCUT2D eigenvalue weighted by atomic mass is 10.00. The molecule has 1 aromatic carbocycles. The summed E-state index contributed by atoms with van der Waals surface area (Å²) in [5.41, 5.74) is 4.71. The fourth-order valence-corrected chi connectivity index (χ4v) is 1.81. The van der Waals surface area contributed by atoms with Crippen molar-refractivity contribution in [2.24, 2.45) is 0 Å². The topological polar surface area (TPSA) is 52.9 Å². The molecule has 0 aliphatic rings. The molecule has 0 unspecified atom stereocenters. The number of rotatable bonds is 3. The van der Waals surface area contributed by atoms with Crippen molar-refractivity contribution in [3.63, 3.8) is 0 Å². The van der Waals surface area contributed by atoms with Crippen molar-refractivity contribution >= 4 is 5.91 Å². The van der Waals surface area contributed by atoms with E-state index in [1.165, 1.54) is 16.7 Å². The minimum atomic E-state index is -0.220. The van der Waals surface area contributed by atoms with Gasteiger partial charge in [0.15, 0.2) is 0 Å². The van der Waals surface area contributed by atoms with Crippen LogP contribution in [-0.4, -0.2) is 5.91 Å². The molecule has 3 heteroatoms. The first kappa shape index (κ1) is 12.3. The Kier molecular flexibility index (Phi) is 4.07. The molecule has 1 amide bonds. The van der Waals surface area contributed by atoms with Crippen molar-refractivity contribution < 1.29 is 4.79 Å². The van der Waals surface area contributed by atoms with Crippen LogP contribution in [0.15, 0.2) is 12.1 Å². The van der Waals surface area contributed by atoms with Gasteiger partial charge < -0.3 is 5.32 Å². The van der Waals surface area contributed by atoms with Gasteiger partial charge in [0.05, 0.1) is 6.07 Å². The molecule has 16 heavy (non-hydrogen) atoms. The van der Waals surface area contributed by atoms with Gasteiger partial charge in [0, 0.05) is 6.54 Å². The third kappa shape index (κ3) is 3.09. The summed E-state index contributed by atoms with van der Waals surface area (Å²) in [5.74, 6) is -0.220. The Morgan fingerprint density at radius 1 is 1.31 bits per heavy atom. The zero-order valence-corrected chi connectivity index (χ0v) is 9.92. The number of amides is 1. The smallest absolute Gasteiger partial charge is 0.234 e. The minimum Gasteiger partial charge on any atom is -0.351 e. The molecule has 0 aromatic heterocycles. The normalized spacial score (nSPS) is 9.62. The molecule has 0 bridgehead atoms. The number of nitriles is 1. The number of carbonyl (C=O) groups excluding carboxylic acids is 1. The minimum absolute atomic E-state index is 0.0794. The fraction of sp³-hybridized carbons (Fsp3) is 0.385. The van der Waals surface area contributed by atoms with E-state index in [9.17, 15) is 4.79 Å². The lowest BCUT2D eigenvalue weighted by molar-refractivity contribution is -0.120. The number of carbonyl (C=O) groups is 1. The molecule has 0 heterocycles. The Balaban J connectivity index is 2.75. The predicted octanol–water partition coefficient (Wildman–Crippen LogP) is 2.14. The molecular formula is C13H16N2O. The molecule has 0 saturated heterocycles. The van der Waals surface area contributed by atoms with Crippen molar-refractivity contribution in [1.29, 1.82) is 5.26 Å². The van der Waals surface area contributed by atoms with Gasteiger partial charge >= 0.3 is 0 Å². The number of aryl methyl sites for hydroxylation is 3. The lowest BCUT2D eigenvalue weighted by Crippen LogP contribution is -2.22.